The van der Waals surface area contributed by atoms with Crippen molar-refractivity contribution in [3.8, 4) is 5.75 Å². The molecule has 5 heteroatoms. The summed E-state index contributed by atoms with van der Waals surface area (Å²) in [5.41, 5.74) is 0.829. The maximum Gasteiger partial charge on any atom is 0.311 e. The third kappa shape index (κ3) is 5.58. The zero-order valence-electron chi connectivity index (χ0n) is 13.8. The molecule has 0 aliphatic heterocycles. The van der Waals surface area contributed by atoms with Gasteiger partial charge < -0.3 is 14.8 Å². The Bertz CT molecular complexity index is 520. The van der Waals surface area contributed by atoms with Crippen molar-refractivity contribution in [1.29, 1.82) is 0 Å². The van der Waals surface area contributed by atoms with E-state index in [0.717, 1.165) is 37.0 Å². The Hall–Kier alpha value is -2.04. The lowest BCUT2D eigenvalue weighted by Crippen LogP contribution is -2.42. The van der Waals surface area contributed by atoms with Gasteiger partial charge in [0.15, 0.2) is 6.10 Å². The second-order valence-electron chi connectivity index (χ2n) is 6.00. The molecule has 1 aliphatic rings. The summed E-state index contributed by atoms with van der Waals surface area (Å²) < 4.78 is 10.3. The Labute approximate surface area is 137 Å². The van der Waals surface area contributed by atoms with Crippen molar-refractivity contribution in [2.45, 2.75) is 57.6 Å². The van der Waals surface area contributed by atoms with Crippen LogP contribution in [0.4, 0.5) is 0 Å². The summed E-state index contributed by atoms with van der Waals surface area (Å²) in [5.74, 6) is 0.129. The molecule has 0 unspecified atom stereocenters. The van der Waals surface area contributed by atoms with Crippen LogP contribution in [0.1, 0.15) is 44.6 Å². The van der Waals surface area contributed by atoms with Crippen molar-refractivity contribution in [1.82, 2.24) is 5.32 Å². The van der Waals surface area contributed by atoms with Crippen LogP contribution in [0.5, 0.6) is 5.75 Å². The summed E-state index contributed by atoms with van der Waals surface area (Å²) in [6.45, 7) is 1.62. The SMILES string of the molecule is COc1ccc(CC(=O)O[C@H](C)C(=O)NC2CCCCC2)cc1. The van der Waals surface area contributed by atoms with Gasteiger partial charge in [-0.05, 0) is 37.5 Å². The van der Waals surface area contributed by atoms with E-state index in [9.17, 15) is 9.59 Å². The van der Waals surface area contributed by atoms with Gasteiger partial charge in [0, 0.05) is 6.04 Å². The van der Waals surface area contributed by atoms with Gasteiger partial charge in [-0.25, -0.2) is 0 Å². The average molecular weight is 319 g/mol. The summed E-state index contributed by atoms with van der Waals surface area (Å²) in [4.78, 5) is 24.0. The first-order chi connectivity index (χ1) is 11.1. The molecule has 0 spiro atoms. The van der Waals surface area contributed by atoms with E-state index < -0.39 is 12.1 Å². The maximum atomic E-state index is 12.1. The first-order valence-corrected chi connectivity index (χ1v) is 8.21. The molecular weight excluding hydrogens is 294 g/mol. The number of esters is 1. The molecular formula is C18H25NO4. The minimum atomic E-state index is -0.761. The van der Waals surface area contributed by atoms with Crippen LogP contribution >= 0.6 is 0 Å². The van der Waals surface area contributed by atoms with Crippen molar-refractivity contribution in [2.75, 3.05) is 7.11 Å². The summed E-state index contributed by atoms with van der Waals surface area (Å²) in [6.07, 6.45) is 4.94. The molecule has 23 heavy (non-hydrogen) atoms. The van der Waals surface area contributed by atoms with Crippen LogP contribution in [-0.2, 0) is 20.7 Å². The average Bonchev–Trinajstić information content (AvgIpc) is 2.56. The van der Waals surface area contributed by atoms with Crippen molar-refractivity contribution in [3.63, 3.8) is 0 Å². The lowest BCUT2D eigenvalue weighted by molar-refractivity contribution is -0.154. The van der Waals surface area contributed by atoms with Crippen LogP contribution in [0.15, 0.2) is 24.3 Å². The molecule has 0 radical (unpaired) electrons. The molecule has 5 nitrogen and oxygen atoms in total. The second-order valence-corrected chi connectivity index (χ2v) is 6.00. The van der Waals surface area contributed by atoms with Crippen LogP contribution in [0, 0.1) is 0 Å². The normalized spacial score (nSPS) is 16.4. The largest absolute Gasteiger partial charge is 0.497 e. The first-order valence-electron chi connectivity index (χ1n) is 8.21. The number of hydrogen-bond acceptors (Lipinski definition) is 4. The van der Waals surface area contributed by atoms with Crippen LogP contribution in [0.25, 0.3) is 0 Å². The molecule has 1 amide bonds. The molecule has 1 saturated carbocycles. The van der Waals surface area contributed by atoms with Gasteiger partial charge in [-0.15, -0.1) is 0 Å². The number of hydrogen-bond donors (Lipinski definition) is 1. The fourth-order valence-corrected chi connectivity index (χ4v) is 2.77. The van der Waals surface area contributed by atoms with Gasteiger partial charge in [0.05, 0.1) is 13.5 Å². The van der Waals surface area contributed by atoms with E-state index in [1.54, 1.807) is 26.2 Å². The van der Waals surface area contributed by atoms with E-state index in [2.05, 4.69) is 5.32 Å². The molecule has 1 aromatic carbocycles. The fourth-order valence-electron chi connectivity index (χ4n) is 2.77. The van der Waals surface area contributed by atoms with Gasteiger partial charge in [-0.1, -0.05) is 31.4 Å². The van der Waals surface area contributed by atoms with Crippen molar-refractivity contribution < 1.29 is 19.1 Å². The van der Waals surface area contributed by atoms with E-state index >= 15 is 0 Å². The predicted molar refractivity (Wildman–Crippen MR) is 87.3 cm³/mol. The molecule has 0 bridgehead atoms. The number of nitrogens with one attached hydrogen (secondary N) is 1. The van der Waals surface area contributed by atoms with Gasteiger partial charge in [-0.3, -0.25) is 9.59 Å². The Balaban J connectivity index is 1.77. The number of benzene rings is 1. The van der Waals surface area contributed by atoms with Crippen molar-refractivity contribution in [3.05, 3.63) is 29.8 Å². The highest BCUT2D eigenvalue weighted by molar-refractivity contribution is 5.84. The highest BCUT2D eigenvalue weighted by atomic mass is 16.5. The summed E-state index contributed by atoms with van der Waals surface area (Å²) in [7, 11) is 1.59. The number of carbonyl (C=O) groups excluding carboxylic acids is 2. The summed E-state index contributed by atoms with van der Waals surface area (Å²) in [6, 6.07) is 7.43. The highest BCUT2D eigenvalue weighted by Crippen LogP contribution is 2.17. The highest BCUT2D eigenvalue weighted by Gasteiger charge is 2.22. The minimum Gasteiger partial charge on any atom is -0.497 e. The van der Waals surface area contributed by atoms with E-state index in [0.29, 0.717) is 0 Å². The zero-order valence-corrected chi connectivity index (χ0v) is 13.8. The standard InChI is InChI=1S/C18H25NO4/c1-13(18(21)19-15-6-4-3-5-7-15)23-17(20)12-14-8-10-16(22-2)11-9-14/h8-11,13,15H,3-7,12H2,1-2H3,(H,19,21)/t13-/m1/s1. The number of carbonyl (C=O) groups is 2. The molecule has 0 heterocycles. The number of rotatable bonds is 6. The Morgan fingerprint density at radius 3 is 2.43 bits per heavy atom. The number of ether oxygens (including phenoxy) is 2. The van der Waals surface area contributed by atoms with E-state index in [-0.39, 0.29) is 18.4 Å². The topological polar surface area (TPSA) is 64.6 Å². The molecule has 2 rings (SSSR count). The van der Waals surface area contributed by atoms with Crippen molar-refractivity contribution in [2.24, 2.45) is 0 Å². The minimum absolute atomic E-state index is 0.144. The van der Waals surface area contributed by atoms with Crippen molar-refractivity contribution >= 4 is 11.9 Å². The van der Waals surface area contributed by atoms with Gasteiger partial charge in [-0.2, -0.15) is 0 Å². The Kier molecular flexibility index (Phi) is 6.44. The van der Waals surface area contributed by atoms with E-state index in [1.165, 1.54) is 6.42 Å². The molecule has 1 N–H and O–H groups in total. The predicted octanol–water partition coefficient (Wildman–Crippen LogP) is 2.62. The van der Waals surface area contributed by atoms with Gasteiger partial charge in [0.2, 0.25) is 0 Å². The third-order valence-corrected chi connectivity index (χ3v) is 4.14. The molecule has 1 atom stereocenters. The third-order valence-electron chi connectivity index (χ3n) is 4.14. The maximum absolute atomic E-state index is 12.1. The number of amides is 1. The van der Waals surface area contributed by atoms with E-state index in [1.807, 2.05) is 12.1 Å². The Morgan fingerprint density at radius 2 is 1.83 bits per heavy atom. The fraction of sp³-hybridized carbons (Fsp3) is 0.556. The van der Waals surface area contributed by atoms with Crippen LogP contribution < -0.4 is 10.1 Å². The smallest absolute Gasteiger partial charge is 0.311 e. The second kappa shape index (κ2) is 8.56. The van der Waals surface area contributed by atoms with E-state index in [4.69, 9.17) is 9.47 Å². The lowest BCUT2D eigenvalue weighted by atomic mass is 9.95. The summed E-state index contributed by atoms with van der Waals surface area (Å²) in [5, 5.41) is 2.97. The van der Waals surface area contributed by atoms with Crippen LogP contribution in [0.2, 0.25) is 0 Å². The summed E-state index contributed by atoms with van der Waals surface area (Å²) >= 11 is 0. The molecule has 1 aromatic rings. The lowest BCUT2D eigenvalue weighted by Gasteiger charge is -2.24. The zero-order chi connectivity index (χ0) is 16.7. The first kappa shape index (κ1) is 17.3. The molecule has 1 aliphatic carbocycles. The Morgan fingerprint density at radius 1 is 1.17 bits per heavy atom. The van der Waals surface area contributed by atoms with Gasteiger partial charge >= 0.3 is 5.97 Å². The quantitative estimate of drug-likeness (QED) is 0.819. The van der Waals surface area contributed by atoms with Crippen LogP contribution in [-0.4, -0.2) is 31.1 Å². The monoisotopic (exact) mass is 319 g/mol. The molecule has 0 saturated heterocycles. The molecule has 0 aromatic heterocycles. The van der Waals surface area contributed by atoms with Gasteiger partial charge in [0.25, 0.3) is 5.91 Å². The van der Waals surface area contributed by atoms with Gasteiger partial charge in [0.1, 0.15) is 5.75 Å². The molecule has 126 valence electrons. The van der Waals surface area contributed by atoms with Crippen LogP contribution in [0.3, 0.4) is 0 Å². The molecule has 1 fully saturated rings. The number of methoxy groups -OCH3 is 1.